The van der Waals surface area contributed by atoms with Crippen molar-refractivity contribution in [3.05, 3.63) is 96.1 Å². The van der Waals surface area contributed by atoms with E-state index in [0.29, 0.717) is 10.8 Å². The number of hydrogen-bond acceptors (Lipinski definition) is 3. The minimum Gasteiger partial charge on any atom is -0.378 e. The molecular formula is C30H30N2O2S. The highest BCUT2D eigenvalue weighted by atomic mass is 32.2. The minimum absolute atomic E-state index is 0.0997. The fraction of sp³-hybridized carbons (Fsp3) is 0.267. The first-order chi connectivity index (χ1) is 17.0. The van der Waals surface area contributed by atoms with Gasteiger partial charge in [0.1, 0.15) is 0 Å². The lowest BCUT2D eigenvalue weighted by Gasteiger charge is -2.38. The Kier molecular flexibility index (Phi) is 5.42. The van der Waals surface area contributed by atoms with Crippen molar-refractivity contribution in [1.29, 1.82) is 0 Å². The van der Waals surface area contributed by atoms with Crippen LogP contribution in [0, 0.1) is 5.92 Å². The summed E-state index contributed by atoms with van der Waals surface area (Å²) in [5.74, 6) is 0.491. The van der Waals surface area contributed by atoms with Crippen LogP contribution in [0.15, 0.2) is 89.8 Å². The number of fused-ring (bicyclic) bond motifs is 5. The Balaban J connectivity index is 1.49. The quantitative estimate of drug-likeness (QED) is 0.240. The van der Waals surface area contributed by atoms with Crippen LogP contribution in [0.4, 0.5) is 5.69 Å². The molecule has 4 atom stereocenters. The number of nitrogens with one attached hydrogen (secondary N) is 2. The van der Waals surface area contributed by atoms with E-state index in [1.54, 1.807) is 6.07 Å². The van der Waals surface area contributed by atoms with Crippen LogP contribution in [0.25, 0.3) is 21.5 Å². The number of sulfonamides is 1. The van der Waals surface area contributed by atoms with Gasteiger partial charge in [0.05, 0.1) is 10.9 Å². The van der Waals surface area contributed by atoms with Crippen LogP contribution in [-0.2, 0) is 10.0 Å². The van der Waals surface area contributed by atoms with Gasteiger partial charge in [-0.2, -0.15) is 0 Å². The Morgan fingerprint density at radius 3 is 2.34 bits per heavy atom. The first-order valence-electron chi connectivity index (χ1n) is 12.5. The largest absolute Gasteiger partial charge is 0.378 e. The molecule has 1 aliphatic carbocycles. The fourth-order valence-corrected chi connectivity index (χ4v) is 7.19. The lowest BCUT2D eigenvalue weighted by molar-refractivity contribution is 0.428. The summed E-state index contributed by atoms with van der Waals surface area (Å²) >= 11 is 0. The van der Waals surface area contributed by atoms with E-state index in [-0.39, 0.29) is 18.0 Å². The van der Waals surface area contributed by atoms with Crippen molar-refractivity contribution >= 4 is 37.3 Å². The second-order valence-corrected chi connectivity index (χ2v) is 11.6. The van der Waals surface area contributed by atoms with Crippen molar-refractivity contribution in [1.82, 2.24) is 4.72 Å². The molecule has 4 nitrogen and oxygen atoms in total. The molecule has 2 aliphatic rings. The minimum atomic E-state index is -3.56. The maximum Gasteiger partial charge on any atom is 0.240 e. The maximum absolute atomic E-state index is 13.0. The Morgan fingerprint density at radius 2 is 1.66 bits per heavy atom. The second kappa shape index (κ2) is 8.51. The summed E-state index contributed by atoms with van der Waals surface area (Å²) in [4.78, 5) is 0.339. The van der Waals surface area contributed by atoms with Gasteiger partial charge in [0.15, 0.2) is 0 Å². The molecule has 0 spiro atoms. The number of rotatable bonds is 5. The molecule has 4 aromatic rings. The molecule has 0 saturated carbocycles. The Labute approximate surface area is 207 Å². The van der Waals surface area contributed by atoms with Crippen molar-refractivity contribution in [3.8, 4) is 0 Å². The molecule has 5 heteroatoms. The number of hydrogen-bond donors (Lipinski definition) is 2. The molecule has 4 unspecified atom stereocenters. The van der Waals surface area contributed by atoms with E-state index in [1.807, 2.05) is 26.0 Å². The van der Waals surface area contributed by atoms with Gasteiger partial charge < -0.3 is 5.32 Å². The molecule has 4 aromatic carbocycles. The molecule has 178 valence electrons. The Bertz CT molecular complexity index is 1520. The average molecular weight is 483 g/mol. The van der Waals surface area contributed by atoms with Crippen LogP contribution in [0.2, 0.25) is 0 Å². The van der Waals surface area contributed by atoms with Gasteiger partial charge in [-0.25, -0.2) is 13.1 Å². The van der Waals surface area contributed by atoms with Crippen LogP contribution >= 0.6 is 0 Å². The van der Waals surface area contributed by atoms with E-state index in [9.17, 15) is 8.42 Å². The van der Waals surface area contributed by atoms with Crippen LogP contribution in [-0.4, -0.2) is 14.5 Å². The molecule has 1 aliphatic heterocycles. The molecule has 35 heavy (non-hydrogen) atoms. The first-order valence-corrected chi connectivity index (χ1v) is 13.9. The van der Waals surface area contributed by atoms with Gasteiger partial charge in [-0.3, -0.25) is 0 Å². The standard InChI is InChI=1S/C30H30N2O2S/c1-3-19(2)32-35(33,34)22-15-16-28-27(18-22)25-13-8-14-26(25)30(31-28)29-23-11-6-4-9-20(23)17-21-10-5-7-12-24(21)29/h4-13,15-19,25-26,30-32H,3,14H2,1-2H3. The highest BCUT2D eigenvalue weighted by Gasteiger charge is 2.39. The van der Waals surface area contributed by atoms with Crippen molar-refractivity contribution in [3.63, 3.8) is 0 Å². The van der Waals surface area contributed by atoms with Crippen molar-refractivity contribution in [2.45, 2.75) is 49.6 Å². The predicted octanol–water partition coefficient (Wildman–Crippen LogP) is 6.90. The highest BCUT2D eigenvalue weighted by molar-refractivity contribution is 7.89. The van der Waals surface area contributed by atoms with Crippen molar-refractivity contribution in [2.75, 3.05) is 5.32 Å². The SMILES string of the molecule is CCC(C)NS(=O)(=O)c1ccc2c(c1)C1C=CCC1C(c1c3ccccc3cc3ccccc13)N2. The second-order valence-electron chi connectivity index (χ2n) is 9.89. The summed E-state index contributed by atoms with van der Waals surface area (Å²) in [6, 6.07) is 25.1. The zero-order chi connectivity index (χ0) is 24.2. The smallest absolute Gasteiger partial charge is 0.240 e. The molecule has 0 amide bonds. The van der Waals surface area contributed by atoms with Gasteiger partial charge in [-0.05, 0) is 82.6 Å². The molecule has 0 radical (unpaired) electrons. The van der Waals surface area contributed by atoms with E-state index < -0.39 is 10.0 Å². The van der Waals surface area contributed by atoms with Crippen LogP contribution in [0.3, 0.4) is 0 Å². The molecule has 2 N–H and O–H groups in total. The molecular weight excluding hydrogens is 452 g/mol. The zero-order valence-electron chi connectivity index (χ0n) is 20.0. The Morgan fingerprint density at radius 1 is 0.971 bits per heavy atom. The first kappa shape index (κ1) is 22.3. The third-order valence-corrected chi connectivity index (χ3v) is 9.32. The van der Waals surface area contributed by atoms with E-state index in [0.717, 1.165) is 24.1 Å². The molecule has 0 aromatic heterocycles. The average Bonchev–Trinajstić information content (AvgIpc) is 3.37. The Hall–Kier alpha value is -3.15. The number of allylic oxidation sites excluding steroid dienone is 2. The lowest BCUT2D eigenvalue weighted by atomic mass is 9.75. The van der Waals surface area contributed by atoms with Gasteiger partial charge in [0.25, 0.3) is 0 Å². The summed E-state index contributed by atoms with van der Waals surface area (Å²) in [6.07, 6.45) is 6.23. The monoisotopic (exact) mass is 482 g/mol. The molecule has 0 bridgehead atoms. The molecule has 1 heterocycles. The third-order valence-electron chi connectivity index (χ3n) is 7.74. The van der Waals surface area contributed by atoms with Gasteiger partial charge in [0, 0.05) is 17.6 Å². The van der Waals surface area contributed by atoms with Crippen LogP contribution in [0.5, 0.6) is 0 Å². The fourth-order valence-electron chi connectivity index (χ4n) is 5.83. The van der Waals surface area contributed by atoms with Gasteiger partial charge in [-0.1, -0.05) is 67.6 Å². The number of benzene rings is 4. The summed E-state index contributed by atoms with van der Waals surface area (Å²) in [5, 5.41) is 8.88. The van der Waals surface area contributed by atoms with Crippen LogP contribution < -0.4 is 10.0 Å². The van der Waals surface area contributed by atoms with E-state index in [2.05, 4.69) is 76.8 Å². The molecule has 6 rings (SSSR count). The summed E-state index contributed by atoms with van der Waals surface area (Å²) in [5.41, 5.74) is 3.41. The normalized spacial score (nSPS) is 22.1. The summed E-state index contributed by atoms with van der Waals surface area (Å²) < 4.78 is 28.8. The van der Waals surface area contributed by atoms with Gasteiger partial charge in [0.2, 0.25) is 10.0 Å². The zero-order valence-corrected chi connectivity index (χ0v) is 20.8. The topological polar surface area (TPSA) is 58.2 Å². The predicted molar refractivity (Wildman–Crippen MR) is 144 cm³/mol. The summed E-state index contributed by atoms with van der Waals surface area (Å²) in [7, 11) is -3.56. The third kappa shape index (κ3) is 3.74. The highest BCUT2D eigenvalue weighted by Crippen LogP contribution is 2.52. The molecule has 0 saturated heterocycles. The van der Waals surface area contributed by atoms with Crippen LogP contribution in [0.1, 0.15) is 49.8 Å². The van der Waals surface area contributed by atoms with Crippen molar-refractivity contribution < 1.29 is 8.42 Å². The molecule has 0 fully saturated rings. The van der Waals surface area contributed by atoms with Gasteiger partial charge >= 0.3 is 0 Å². The number of anilines is 1. The van der Waals surface area contributed by atoms with E-state index in [4.69, 9.17) is 0 Å². The summed E-state index contributed by atoms with van der Waals surface area (Å²) in [6.45, 7) is 3.88. The van der Waals surface area contributed by atoms with E-state index >= 15 is 0 Å². The lowest BCUT2D eigenvalue weighted by Crippen LogP contribution is -2.33. The van der Waals surface area contributed by atoms with Crippen molar-refractivity contribution in [2.24, 2.45) is 5.92 Å². The van der Waals surface area contributed by atoms with E-state index in [1.165, 1.54) is 27.1 Å². The maximum atomic E-state index is 13.0. The van der Waals surface area contributed by atoms with Gasteiger partial charge in [-0.15, -0.1) is 0 Å².